The predicted octanol–water partition coefficient (Wildman–Crippen LogP) is 1.07. The van der Waals surface area contributed by atoms with Gasteiger partial charge in [-0.25, -0.2) is 0 Å². The molecule has 0 amide bonds. The molecule has 384 valence electrons. The SMILES string of the molecule is CCCC1CC(C)(C)NS(=O)(=O)O1.S=S=S=S=S=S=S=S=S=S=S=S=S=S=S=S=S=S=S=S=S=S=S=S=S=S=S=S=S=S=S=S=S=S=S=S=S=S=S=S=S=S=S=S=S=S=S=S=S=S=S. The Hall–Kier alpha value is 11.1. The molecule has 1 fully saturated rings. The lowest BCUT2D eigenvalue weighted by Crippen LogP contribution is -2.52. The molecule has 0 bridgehead atoms. The topological polar surface area (TPSA) is 55.4 Å². The van der Waals surface area contributed by atoms with Gasteiger partial charge >= 0.3 is 10.3 Å². The lowest BCUT2D eigenvalue weighted by Gasteiger charge is -2.35. The van der Waals surface area contributed by atoms with Gasteiger partial charge in [-0.3, -0.25) is 4.18 Å². The lowest BCUT2D eigenvalue weighted by atomic mass is 9.96. The maximum atomic E-state index is 11.2. The maximum absolute atomic E-state index is 11.2. The van der Waals surface area contributed by atoms with E-state index in [1.165, 1.54) is 17.8 Å². The molecule has 4 nitrogen and oxygen atoms in total. The fourth-order valence-electron chi connectivity index (χ4n) is 2.19. The van der Waals surface area contributed by atoms with Crippen molar-refractivity contribution in [1.29, 1.82) is 0 Å². The van der Waals surface area contributed by atoms with Crippen molar-refractivity contribution in [1.82, 2.24) is 4.72 Å². The van der Waals surface area contributed by atoms with Crippen molar-refractivity contribution in [2.45, 2.75) is 51.7 Å². The second-order valence-electron chi connectivity index (χ2n) is 7.49. The zero-order valence-electron chi connectivity index (χ0n) is 29.2. The highest BCUT2D eigenvalue weighted by atomic mass is 33.5. The van der Waals surface area contributed by atoms with Crippen LogP contribution in [0.25, 0.3) is 0 Å². The van der Waals surface area contributed by atoms with Crippen LogP contribution in [0.15, 0.2) is 0 Å². The van der Waals surface area contributed by atoms with E-state index in [1.807, 2.05) is 332 Å². The highest BCUT2D eigenvalue weighted by Crippen LogP contribution is 2.24. The first kappa shape index (κ1) is 75.1. The molecule has 0 aliphatic carbocycles. The number of rotatable bonds is 2. The van der Waals surface area contributed by atoms with Crippen molar-refractivity contribution >= 4 is 468 Å². The average Bonchev–Trinajstić information content (AvgIpc) is 3.25. The Morgan fingerprint density at radius 2 is 0.562 bits per heavy atom. The van der Waals surface area contributed by atoms with Gasteiger partial charge in [0, 0.05) is 463 Å². The van der Waals surface area contributed by atoms with Crippen molar-refractivity contribution in [2.24, 2.45) is 0 Å². The smallest absolute Gasteiger partial charge is 0.255 e. The Labute approximate surface area is 522 Å². The molecule has 0 radical (unpaired) electrons. The van der Waals surface area contributed by atoms with E-state index in [9.17, 15) is 8.42 Å². The number of hydrogen-bond acceptors (Lipinski definition) is 5. The third kappa shape index (κ3) is 62.3. The first-order valence-electron chi connectivity index (χ1n) is 12.9. The third-order valence-electron chi connectivity index (χ3n) is 3.35. The molecule has 0 aromatic rings. The van der Waals surface area contributed by atoms with Crippen LogP contribution in [0, 0.1) is 0 Å². The van der Waals surface area contributed by atoms with Crippen LogP contribution in [0.3, 0.4) is 0 Å². The fourth-order valence-corrected chi connectivity index (χ4v) is 133. The fraction of sp³-hybridized carbons (Fsp3) is 1.00. The van der Waals surface area contributed by atoms with Crippen LogP contribution in [0.4, 0.5) is 0 Å². The molecule has 64 heavy (non-hydrogen) atoms. The minimum Gasteiger partial charge on any atom is -0.255 e. The summed E-state index contributed by atoms with van der Waals surface area (Å²) in [7, 11) is 84.0. The molecular formula is C8H17NO3S52. The average molecular weight is 1840 g/mol. The van der Waals surface area contributed by atoms with Gasteiger partial charge in [0.2, 0.25) is 0 Å². The van der Waals surface area contributed by atoms with Crippen molar-refractivity contribution in [3.05, 3.63) is 0 Å². The second-order valence-corrected chi connectivity index (χ2v) is 95.5. The molecule has 1 N–H and O–H groups in total. The summed E-state index contributed by atoms with van der Waals surface area (Å²) in [6, 6.07) is 0. The lowest BCUT2D eigenvalue weighted by molar-refractivity contribution is 0.123. The summed E-state index contributed by atoms with van der Waals surface area (Å²) in [6.45, 7) is 5.76. The molecule has 1 aliphatic heterocycles. The molecule has 56 heteroatoms. The first-order valence-corrected chi connectivity index (χ1v) is 81.0. The van der Waals surface area contributed by atoms with Gasteiger partial charge in [-0.05, 0) is 26.7 Å². The molecule has 1 rings (SSSR count). The Balaban J connectivity index is 0.00000258. The van der Waals surface area contributed by atoms with Gasteiger partial charge in [0.15, 0.2) is 0 Å². The number of hydrogen-bond donors (Lipinski definition) is 1. The summed E-state index contributed by atoms with van der Waals surface area (Å²) < 4.78 is 29.8. The molecular weight excluding hydrogens is 1830 g/mol. The van der Waals surface area contributed by atoms with Crippen LogP contribution >= 0.6 is 0 Å². The summed E-state index contributed by atoms with van der Waals surface area (Å²) in [4.78, 5) is 0. The summed E-state index contributed by atoms with van der Waals surface area (Å²) in [5.41, 5.74) is -0.378. The van der Waals surface area contributed by atoms with Crippen LogP contribution in [0.2, 0.25) is 0 Å². The zero-order chi connectivity index (χ0) is 46.8. The van der Waals surface area contributed by atoms with E-state index in [0.717, 1.165) is 19.3 Å². The first-order chi connectivity index (χ1) is 31.3. The largest absolute Gasteiger partial charge is 0.336 e. The van der Waals surface area contributed by atoms with Crippen molar-refractivity contribution in [2.75, 3.05) is 0 Å². The Morgan fingerprint density at radius 1 is 0.391 bits per heavy atom. The Morgan fingerprint density at radius 3 is 0.703 bits per heavy atom. The summed E-state index contributed by atoms with van der Waals surface area (Å²) in [5, 5.41) is 0. The van der Waals surface area contributed by atoms with Gasteiger partial charge in [-0.15, -0.1) is 0 Å². The van der Waals surface area contributed by atoms with Gasteiger partial charge in [0.05, 0.1) is 6.10 Å². The van der Waals surface area contributed by atoms with Crippen molar-refractivity contribution in [3.8, 4) is 0 Å². The molecule has 0 spiro atoms. The van der Waals surface area contributed by atoms with Gasteiger partial charge in [0.1, 0.15) is 0 Å². The quantitative estimate of drug-likeness (QED) is 0.450. The van der Waals surface area contributed by atoms with Crippen LogP contribution in [-0.4, -0.2) is 20.1 Å². The van der Waals surface area contributed by atoms with E-state index in [1.54, 1.807) is 107 Å². The zero-order valence-corrected chi connectivity index (χ0v) is 71.6. The summed E-state index contributed by atoms with van der Waals surface area (Å²) >= 11 is 9.63. The summed E-state index contributed by atoms with van der Waals surface area (Å²) in [6.07, 6.45) is 2.31. The molecule has 0 aromatic carbocycles. The Bertz CT molecular complexity index is 3850. The minimum absolute atomic E-state index is 0.161. The standard InChI is InChI=1S/C8H17NO3S.S51/c1-4-5-7-6-8(2,3)9-13(10,11)12-7;1-3-5-7-9-11-13-15-17-19-21-23-25-27-29-31-33-35-37-39-41-43-45-47-49-51-50-48-46-44-42-40-38-36-34-32-30-28-26-24-22-20-18-16-14-12-10-8-6-4-2/h7,9H,4-6H2,1-3H3;. The molecule has 1 saturated heterocycles. The number of nitrogens with one attached hydrogen (secondary N) is 1. The maximum Gasteiger partial charge on any atom is 0.336 e. The monoisotopic (exact) mass is 1840 g/mol. The van der Waals surface area contributed by atoms with E-state index in [4.69, 9.17) is 26.6 Å². The van der Waals surface area contributed by atoms with E-state index in [2.05, 4.69) is 4.72 Å². The van der Waals surface area contributed by atoms with E-state index in [0.29, 0.717) is 0 Å². The molecule has 1 atom stereocenters. The van der Waals surface area contributed by atoms with E-state index < -0.39 is 10.3 Å². The van der Waals surface area contributed by atoms with Gasteiger partial charge in [0.25, 0.3) is 0 Å². The molecule has 1 unspecified atom stereocenters. The van der Waals surface area contributed by atoms with Crippen molar-refractivity contribution in [3.63, 3.8) is 0 Å². The molecule has 0 saturated carbocycles. The highest BCUT2D eigenvalue weighted by molar-refractivity contribution is 8.82. The van der Waals surface area contributed by atoms with Crippen LogP contribution in [0.5, 0.6) is 0 Å². The normalized spacial score (nSPS) is 12.6. The molecule has 1 aliphatic rings. The van der Waals surface area contributed by atoms with Crippen LogP contribution in [-0.2, 0) is 472 Å². The Kier molecular flexibility index (Phi) is 72.4. The minimum atomic E-state index is -3.51. The third-order valence-corrected chi connectivity index (χ3v) is 111. The highest BCUT2D eigenvalue weighted by Gasteiger charge is 2.36. The second kappa shape index (κ2) is 61.7. The van der Waals surface area contributed by atoms with E-state index in [-0.39, 0.29) is 11.6 Å². The predicted molar refractivity (Wildman–Crippen MR) is 426 cm³/mol. The van der Waals surface area contributed by atoms with Crippen molar-refractivity contribution < 1.29 is 12.6 Å². The summed E-state index contributed by atoms with van der Waals surface area (Å²) in [5.74, 6) is 0. The molecule has 1 heterocycles. The van der Waals surface area contributed by atoms with Gasteiger partial charge < -0.3 is 0 Å². The van der Waals surface area contributed by atoms with Crippen LogP contribution in [0.1, 0.15) is 40.0 Å². The van der Waals surface area contributed by atoms with Gasteiger partial charge in [-0.1, -0.05) is 13.3 Å². The van der Waals surface area contributed by atoms with Crippen LogP contribution < -0.4 is 4.72 Å². The van der Waals surface area contributed by atoms with Gasteiger partial charge in [-0.2, -0.15) is 13.1 Å². The van der Waals surface area contributed by atoms with E-state index >= 15 is 0 Å². The molecule has 0 aromatic heterocycles.